The normalized spacial score (nSPS) is 20.3. The number of aliphatic carboxylic acids is 2. The Labute approximate surface area is 142 Å². The van der Waals surface area contributed by atoms with Gasteiger partial charge in [0.05, 0.1) is 5.57 Å². The Morgan fingerprint density at radius 1 is 1.21 bits per heavy atom. The van der Waals surface area contributed by atoms with Gasteiger partial charge in [0.2, 0.25) is 0 Å². The van der Waals surface area contributed by atoms with Crippen molar-refractivity contribution in [3.8, 4) is 0 Å². The van der Waals surface area contributed by atoms with Gasteiger partial charge in [-0.25, -0.2) is 9.59 Å². The lowest BCUT2D eigenvalue weighted by Crippen LogP contribution is -2.56. The minimum absolute atomic E-state index is 0.129. The van der Waals surface area contributed by atoms with E-state index >= 15 is 0 Å². The number of hydrogen-bond acceptors (Lipinski definition) is 3. The Bertz CT molecular complexity index is 720. The van der Waals surface area contributed by atoms with Gasteiger partial charge >= 0.3 is 11.9 Å². The number of likely N-dealkylation sites (N-methyl/N-ethyl adjacent to an activating group) is 1. The van der Waals surface area contributed by atoms with E-state index in [0.29, 0.717) is 29.8 Å². The van der Waals surface area contributed by atoms with Gasteiger partial charge in [-0.1, -0.05) is 26.8 Å². The number of carbonyl (C=O) groups is 2. The van der Waals surface area contributed by atoms with E-state index in [0.717, 1.165) is 5.56 Å². The number of nitrogens with zero attached hydrogens (tertiary/aromatic N) is 1. The number of hydrogen-bond donors (Lipinski definition) is 2. The lowest BCUT2D eigenvalue weighted by atomic mass is 9.77. The van der Waals surface area contributed by atoms with Crippen molar-refractivity contribution in [2.75, 3.05) is 11.4 Å². The monoisotopic (exact) mass is 331 g/mol. The highest BCUT2D eigenvalue weighted by Gasteiger charge is 2.48. The zero-order chi connectivity index (χ0) is 18.2. The summed E-state index contributed by atoms with van der Waals surface area (Å²) in [6, 6.07) is 5.69. The van der Waals surface area contributed by atoms with Crippen LogP contribution in [0.4, 0.5) is 5.69 Å². The molecule has 1 aliphatic heterocycles. The van der Waals surface area contributed by atoms with Crippen molar-refractivity contribution in [1.82, 2.24) is 0 Å². The van der Waals surface area contributed by atoms with Gasteiger partial charge < -0.3 is 15.1 Å². The van der Waals surface area contributed by atoms with E-state index in [-0.39, 0.29) is 11.5 Å². The zero-order valence-electron chi connectivity index (χ0n) is 14.9. The molecule has 5 nitrogen and oxygen atoms in total. The molecule has 0 aromatic heterocycles. The highest BCUT2D eigenvalue weighted by molar-refractivity contribution is 6.21. The van der Waals surface area contributed by atoms with Gasteiger partial charge in [0.1, 0.15) is 0 Å². The number of benzene rings is 1. The third-order valence-electron chi connectivity index (χ3n) is 4.98. The van der Waals surface area contributed by atoms with E-state index in [1.165, 1.54) is 0 Å². The molecule has 1 aliphatic rings. The van der Waals surface area contributed by atoms with Gasteiger partial charge in [-0.05, 0) is 49.5 Å². The molecule has 1 heterocycles. The number of carboxylic acid groups (broad SMARTS) is 2. The third-order valence-corrected chi connectivity index (χ3v) is 4.98. The Hall–Kier alpha value is -2.30. The van der Waals surface area contributed by atoms with Crippen LogP contribution in [-0.2, 0) is 9.59 Å². The van der Waals surface area contributed by atoms with Gasteiger partial charge in [0.15, 0.2) is 5.54 Å². The quantitative estimate of drug-likeness (QED) is 0.859. The second-order valence-electron chi connectivity index (χ2n) is 6.57. The zero-order valence-corrected chi connectivity index (χ0v) is 14.9. The van der Waals surface area contributed by atoms with Gasteiger partial charge in [0, 0.05) is 17.8 Å². The Morgan fingerprint density at radius 2 is 1.83 bits per heavy atom. The number of anilines is 1. The van der Waals surface area contributed by atoms with Crippen molar-refractivity contribution in [3.63, 3.8) is 0 Å². The molecule has 24 heavy (non-hydrogen) atoms. The summed E-state index contributed by atoms with van der Waals surface area (Å²) >= 11 is 0. The van der Waals surface area contributed by atoms with Crippen molar-refractivity contribution < 1.29 is 19.8 Å². The lowest BCUT2D eigenvalue weighted by molar-refractivity contribution is -0.141. The van der Waals surface area contributed by atoms with E-state index in [1.807, 2.05) is 45.9 Å². The van der Waals surface area contributed by atoms with Crippen LogP contribution in [0.3, 0.4) is 0 Å². The van der Waals surface area contributed by atoms with Crippen LogP contribution in [0.25, 0.3) is 5.57 Å². The summed E-state index contributed by atoms with van der Waals surface area (Å²) in [6.07, 6.45) is 0.367. The molecule has 0 radical (unpaired) electrons. The molecule has 0 saturated carbocycles. The van der Waals surface area contributed by atoms with Crippen LogP contribution in [-0.4, -0.2) is 34.2 Å². The standard InChI is InChI=1S/C19H25NO4/c1-6-14-16(17(21)22)13-10-12(11(3)4)8-9-15(13)20(7-2)19(14,5)18(23)24/h8-11H,6-7H2,1-5H3,(H,21,22)(H,23,24). The number of rotatable bonds is 5. The maximum absolute atomic E-state index is 12.1. The fraction of sp³-hybridized carbons (Fsp3) is 0.474. The highest BCUT2D eigenvalue weighted by Crippen LogP contribution is 2.45. The van der Waals surface area contributed by atoms with E-state index in [2.05, 4.69) is 0 Å². The minimum atomic E-state index is -1.36. The number of fused-ring (bicyclic) bond motifs is 1. The molecule has 2 N–H and O–H groups in total. The molecule has 1 aromatic rings. The van der Waals surface area contributed by atoms with Crippen LogP contribution < -0.4 is 4.90 Å². The molecule has 1 unspecified atom stereocenters. The van der Waals surface area contributed by atoms with Crippen molar-refractivity contribution in [2.24, 2.45) is 0 Å². The molecule has 0 fully saturated rings. The maximum Gasteiger partial charge on any atom is 0.336 e. The molecule has 1 aromatic carbocycles. The van der Waals surface area contributed by atoms with E-state index in [9.17, 15) is 19.8 Å². The first-order chi connectivity index (χ1) is 11.2. The van der Waals surface area contributed by atoms with Gasteiger partial charge in [0.25, 0.3) is 0 Å². The minimum Gasteiger partial charge on any atom is -0.479 e. The van der Waals surface area contributed by atoms with Gasteiger partial charge in [-0.3, -0.25) is 0 Å². The lowest BCUT2D eigenvalue weighted by Gasteiger charge is -2.45. The average Bonchev–Trinajstić information content (AvgIpc) is 2.52. The second kappa shape index (κ2) is 6.30. The summed E-state index contributed by atoms with van der Waals surface area (Å²) in [7, 11) is 0. The largest absolute Gasteiger partial charge is 0.479 e. The first-order valence-electron chi connectivity index (χ1n) is 8.32. The predicted molar refractivity (Wildman–Crippen MR) is 94.4 cm³/mol. The van der Waals surface area contributed by atoms with Gasteiger partial charge in [-0.15, -0.1) is 0 Å². The Morgan fingerprint density at radius 3 is 2.25 bits per heavy atom. The molecule has 0 spiro atoms. The Kier molecular flexibility index (Phi) is 4.74. The fourth-order valence-corrected chi connectivity index (χ4v) is 3.65. The summed E-state index contributed by atoms with van der Waals surface area (Å²) in [5, 5.41) is 19.7. The van der Waals surface area contributed by atoms with Crippen LogP contribution in [0.5, 0.6) is 0 Å². The maximum atomic E-state index is 12.1. The summed E-state index contributed by atoms with van der Waals surface area (Å²) in [5.74, 6) is -1.84. The fourth-order valence-electron chi connectivity index (χ4n) is 3.65. The van der Waals surface area contributed by atoms with Gasteiger partial charge in [-0.2, -0.15) is 0 Å². The van der Waals surface area contributed by atoms with E-state index in [4.69, 9.17) is 0 Å². The van der Waals surface area contributed by atoms with Crippen LogP contribution >= 0.6 is 0 Å². The molecule has 0 amide bonds. The molecule has 0 saturated heterocycles. The van der Waals surface area contributed by atoms with Crippen LogP contribution in [0.2, 0.25) is 0 Å². The molecule has 1 atom stereocenters. The summed E-state index contributed by atoms with van der Waals surface area (Å²) < 4.78 is 0. The van der Waals surface area contributed by atoms with Crippen LogP contribution in [0.1, 0.15) is 58.1 Å². The summed E-state index contributed by atoms with van der Waals surface area (Å²) in [6.45, 7) is 9.88. The van der Waals surface area contributed by atoms with Crippen molar-refractivity contribution in [2.45, 2.75) is 52.5 Å². The number of carboxylic acids is 2. The molecule has 2 rings (SSSR count). The highest BCUT2D eigenvalue weighted by atomic mass is 16.4. The average molecular weight is 331 g/mol. The van der Waals surface area contributed by atoms with E-state index < -0.39 is 17.5 Å². The molecule has 130 valence electrons. The molecular weight excluding hydrogens is 306 g/mol. The third kappa shape index (κ3) is 2.48. The molecule has 5 heteroatoms. The van der Waals surface area contributed by atoms with Crippen molar-refractivity contribution in [3.05, 3.63) is 34.9 Å². The Balaban J connectivity index is 2.91. The summed E-state index contributed by atoms with van der Waals surface area (Å²) in [5.41, 5.74) is 1.54. The van der Waals surface area contributed by atoms with Crippen molar-refractivity contribution in [1.29, 1.82) is 0 Å². The topological polar surface area (TPSA) is 77.8 Å². The second-order valence-corrected chi connectivity index (χ2v) is 6.57. The molecule has 0 bridgehead atoms. The first kappa shape index (κ1) is 18.0. The molecular formula is C19H25NO4. The SMILES string of the molecule is CCC1=C(C(=O)O)c2cc(C(C)C)ccc2N(CC)C1(C)C(=O)O. The summed E-state index contributed by atoms with van der Waals surface area (Å²) in [4.78, 5) is 25.9. The van der Waals surface area contributed by atoms with Crippen LogP contribution in [0.15, 0.2) is 23.8 Å². The first-order valence-corrected chi connectivity index (χ1v) is 8.32. The molecule has 0 aliphatic carbocycles. The predicted octanol–water partition coefficient (Wildman–Crippen LogP) is 3.74. The smallest absolute Gasteiger partial charge is 0.336 e. The van der Waals surface area contributed by atoms with E-state index in [1.54, 1.807) is 11.8 Å². The van der Waals surface area contributed by atoms with Crippen molar-refractivity contribution >= 4 is 23.2 Å². The van der Waals surface area contributed by atoms with Crippen LogP contribution in [0, 0.1) is 0 Å².